The highest BCUT2D eigenvalue weighted by Crippen LogP contribution is 2.20. The van der Waals surface area contributed by atoms with Gasteiger partial charge in [0.25, 0.3) is 0 Å². The van der Waals surface area contributed by atoms with Crippen molar-refractivity contribution < 1.29 is 17.9 Å². The maximum absolute atomic E-state index is 11.9. The number of aryl methyl sites for hydroxylation is 1. The van der Waals surface area contributed by atoms with Gasteiger partial charge in [0.2, 0.25) is 10.0 Å². The van der Waals surface area contributed by atoms with Gasteiger partial charge < -0.3 is 4.74 Å². The summed E-state index contributed by atoms with van der Waals surface area (Å²) >= 11 is 0. The molecule has 0 aromatic heterocycles. The van der Waals surface area contributed by atoms with E-state index in [4.69, 9.17) is 9.88 Å². The molecule has 0 radical (unpaired) electrons. The molecule has 6 heteroatoms. The zero-order valence-corrected chi connectivity index (χ0v) is 12.2. The molecule has 0 bridgehead atoms. The Morgan fingerprint density at radius 1 is 1.32 bits per heavy atom. The first kappa shape index (κ1) is 15.7. The molecule has 106 valence electrons. The minimum Gasteiger partial charge on any atom is -0.462 e. The molecular formula is C13H19NO4S. The summed E-state index contributed by atoms with van der Waals surface area (Å²) in [6.45, 7) is 5.80. The third kappa shape index (κ3) is 4.04. The molecule has 0 heterocycles. The molecule has 0 saturated heterocycles. The first-order valence-corrected chi connectivity index (χ1v) is 7.63. The standard InChI is InChI=1S/C13H19NO4S/c1-4-5-6-18-13(15)12-8-11(19(14,16)17)7-9(2)10(12)3/h7-8H,4-6H2,1-3H3,(H2,14,16,17). The van der Waals surface area contributed by atoms with Gasteiger partial charge in [-0.05, 0) is 43.5 Å². The van der Waals surface area contributed by atoms with E-state index >= 15 is 0 Å². The highest BCUT2D eigenvalue weighted by atomic mass is 32.2. The Labute approximate surface area is 113 Å². The Hall–Kier alpha value is -1.40. The van der Waals surface area contributed by atoms with Crippen molar-refractivity contribution >= 4 is 16.0 Å². The SMILES string of the molecule is CCCCOC(=O)c1cc(S(N)(=O)=O)cc(C)c1C. The second-order valence-electron chi connectivity index (χ2n) is 4.45. The molecule has 0 unspecified atom stereocenters. The smallest absolute Gasteiger partial charge is 0.338 e. The van der Waals surface area contributed by atoms with E-state index < -0.39 is 16.0 Å². The highest BCUT2D eigenvalue weighted by Gasteiger charge is 2.17. The van der Waals surface area contributed by atoms with E-state index in [1.165, 1.54) is 12.1 Å². The number of hydrogen-bond acceptors (Lipinski definition) is 4. The number of benzene rings is 1. The van der Waals surface area contributed by atoms with Gasteiger partial charge in [0.1, 0.15) is 0 Å². The number of rotatable bonds is 5. The zero-order valence-electron chi connectivity index (χ0n) is 11.4. The van der Waals surface area contributed by atoms with Gasteiger partial charge in [0.05, 0.1) is 17.1 Å². The van der Waals surface area contributed by atoms with Gasteiger partial charge in [-0.2, -0.15) is 0 Å². The number of carbonyl (C=O) groups excluding carboxylic acids is 1. The minimum absolute atomic E-state index is 0.0713. The highest BCUT2D eigenvalue weighted by molar-refractivity contribution is 7.89. The molecule has 0 aliphatic carbocycles. The summed E-state index contributed by atoms with van der Waals surface area (Å²) in [5.41, 5.74) is 1.64. The van der Waals surface area contributed by atoms with Crippen LogP contribution in [0.2, 0.25) is 0 Å². The average molecular weight is 285 g/mol. The lowest BCUT2D eigenvalue weighted by Crippen LogP contribution is -2.15. The van der Waals surface area contributed by atoms with Crippen LogP contribution in [-0.2, 0) is 14.8 Å². The third-order valence-electron chi connectivity index (χ3n) is 2.92. The molecule has 0 amide bonds. The predicted octanol–water partition coefficient (Wildman–Crippen LogP) is 1.91. The van der Waals surface area contributed by atoms with E-state index in [9.17, 15) is 13.2 Å². The third-order valence-corrected chi connectivity index (χ3v) is 3.81. The second kappa shape index (κ2) is 6.16. The van der Waals surface area contributed by atoms with Crippen LogP contribution in [0.15, 0.2) is 17.0 Å². The Morgan fingerprint density at radius 2 is 1.95 bits per heavy atom. The first-order valence-electron chi connectivity index (χ1n) is 6.08. The van der Waals surface area contributed by atoms with Crippen LogP contribution in [0.3, 0.4) is 0 Å². The monoisotopic (exact) mass is 285 g/mol. The maximum atomic E-state index is 11.9. The van der Waals surface area contributed by atoms with Gasteiger partial charge in [0.15, 0.2) is 0 Å². The van der Waals surface area contributed by atoms with E-state index in [1.807, 2.05) is 6.92 Å². The number of primary sulfonamides is 1. The summed E-state index contributed by atoms with van der Waals surface area (Å²) in [6, 6.07) is 2.72. The molecule has 0 atom stereocenters. The van der Waals surface area contributed by atoms with Gasteiger partial charge in [-0.3, -0.25) is 0 Å². The minimum atomic E-state index is -3.83. The lowest BCUT2D eigenvalue weighted by atomic mass is 10.0. The van der Waals surface area contributed by atoms with Gasteiger partial charge >= 0.3 is 5.97 Å². The van der Waals surface area contributed by atoms with Crippen molar-refractivity contribution in [1.29, 1.82) is 0 Å². The van der Waals surface area contributed by atoms with E-state index in [2.05, 4.69) is 0 Å². The van der Waals surface area contributed by atoms with Crippen molar-refractivity contribution in [3.8, 4) is 0 Å². The molecule has 0 spiro atoms. The predicted molar refractivity (Wildman–Crippen MR) is 72.5 cm³/mol. The number of carbonyl (C=O) groups is 1. The van der Waals surface area contributed by atoms with Crippen molar-refractivity contribution in [3.63, 3.8) is 0 Å². The summed E-state index contributed by atoms with van der Waals surface area (Å²) in [4.78, 5) is 11.8. The molecule has 1 rings (SSSR count). The first-order chi connectivity index (χ1) is 8.77. The largest absolute Gasteiger partial charge is 0.462 e. The lowest BCUT2D eigenvalue weighted by molar-refractivity contribution is 0.0498. The number of hydrogen-bond donors (Lipinski definition) is 1. The van der Waals surface area contributed by atoms with Crippen LogP contribution in [0.4, 0.5) is 0 Å². The number of ether oxygens (including phenoxy) is 1. The zero-order chi connectivity index (χ0) is 14.6. The summed E-state index contributed by atoms with van der Waals surface area (Å²) in [5.74, 6) is -0.514. The van der Waals surface area contributed by atoms with Gasteiger partial charge in [-0.25, -0.2) is 18.4 Å². The molecular weight excluding hydrogens is 266 g/mol. The summed E-state index contributed by atoms with van der Waals surface area (Å²) < 4.78 is 27.8. The van der Waals surface area contributed by atoms with Crippen LogP contribution >= 0.6 is 0 Å². The Kier molecular flexibility index (Phi) is 5.08. The van der Waals surface area contributed by atoms with Crippen LogP contribution in [0.1, 0.15) is 41.3 Å². The summed E-state index contributed by atoms with van der Waals surface area (Å²) in [6.07, 6.45) is 1.70. The van der Waals surface area contributed by atoms with Crippen LogP contribution in [0, 0.1) is 13.8 Å². The van der Waals surface area contributed by atoms with Gasteiger partial charge in [-0.1, -0.05) is 13.3 Å². The van der Waals surface area contributed by atoms with E-state index in [1.54, 1.807) is 13.8 Å². The van der Waals surface area contributed by atoms with Crippen molar-refractivity contribution in [1.82, 2.24) is 0 Å². The fourth-order valence-corrected chi connectivity index (χ4v) is 2.21. The number of unbranched alkanes of at least 4 members (excludes halogenated alkanes) is 1. The molecule has 0 aliphatic heterocycles. The molecule has 0 saturated carbocycles. The van der Waals surface area contributed by atoms with E-state index in [-0.39, 0.29) is 10.5 Å². The van der Waals surface area contributed by atoms with Crippen LogP contribution < -0.4 is 5.14 Å². The molecule has 1 aromatic rings. The molecule has 0 aliphatic rings. The quantitative estimate of drug-likeness (QED) is 0.661. The van der Waals surface area contributed by atoms with Crippen molar-refractivity contribution in [2.75, 3.05) is 6.61 Å². The summed E-state index contributed by atoms with van der Waals surface area (Å²) in [7, 11) is -3.83. The van der Waals surface area contributed by atoms with Crippen LogP contribution in [0.25, 0.3) is 0 Å². The number of sulfonamides is 1. The summed E-state index contributed by atoms with van der Waals surface area (Å²) in [5, 5.41) is 5.09. The lowest BCUT2D eigenvalue weighted by Gasteiger charge is -2.11. The molecule has 19 heavy (non-hydrogen) atoms. The fraction of sp³-hybridized carbons (Fsp3) is 0.462. The van der Waals surface area contributed by atoms with Crippen LogP contribution in [-0.4, -0.2) is 21.0 Å². The Morgan fingerprint density at radius 3 is 2.47 bits per heavy atom. The second-order valence-corrected chi connectivity index (χ2v) is 6.01. The molecule has 2 N–H and O–H groups in total. The fourth-order valence-electron chi connectivity index (χ4n) is 1.59. The van der Waals surface area contributed by atoms with Crippen LogP contribution in [0.5, 0.6) is 0 Å². The van der Waals surface area contributed by atoms with Crippen molar-refractivity contribution in [3.05, 3.63) is 28.8 Å². The Bertz CT molecular complexity index is 579. The van der Waals surface area contributed by atoms with Gasteiger partial charge in [-0.15, -0.1) is 0 Å². The molecule has 0 fully saturated rings. The normalized spacial score (nSPS) is 11.4. The van der Waals surface area contributed by atoms with Gasteiger partial charge in [0, 0.05) is 0 Å². The topological polar surface area (TPSA) is 86.5 Å². The number of esters is 1. The van der Waals surface area contributed by atoms with Crippen molar-refractivity contribution in [2.45, 2.75) is 38.5 Å². The molecule has 5 nitrogen and oxygen atoms in total. The van der Waals surface area contributed by atoms with E-state index in [0.29, 0.717) is 17.7 Å². The number of nitrogens with two attached hydrogens (primary N) is 1. The Balaban J connectivity index is 3.13. The molecule has 1 aromatic carbocycles. The maximum Gasteiger partial charge on any atom is 0.338 e. The van der Waals surface area contributed by atoms with Crippen molar-refractivity contribution in [2.24, 2.45) is 5.14 Å². The van der Waals surface area contributed by atoms with E-state index in [0.717, 1.165) is 12.8 Å². The average Bonchev–Trinajstić information content (AvgIpc) is 2.31.